The number of amides is 1. The average molecular weight is 203 g/mol. The number of primary amides is 1. The number of hydrogen-bond donors (Lipinski definition) is 2. The highest BCUT2D eigenvalue weighted by Gasteiger charge is 2.12. The van der Waals surface area contributed by atoms with E-state index in [0.29, 0.717) is 6.61 Å². The van der Waals surface area contributed by atoms with Gasteiger partial charge in [0.25, 0.3) is 0 Å². The number of hydrogen-bond acceptors (Lipinski definition) is 4. The van der Waals surface area contributed by atoms with Crippen LogP contribution in [0.3, 0.4) is 0 Å². The summed E-state index contributed by atoms with van der Waals surface area (Å²) in [6.45, 7) is 2.40. The number of ether oxygens (including phenoxy) is 1. The van der Waals surface area contributed by atoms with E-state index in [1.54, 1.807) is 14.2 Å². The van der Waals surface area contributed by atoms with Gasteiger partial charge in [-0.2, -0.15) is 0 Å². The highest BCUT2D eigenvalue weighted by atomic mass is 16.5. The first-order valence-electron chi connectivity index (χ1n) is 4.75. The molecule has 0 rings (SSSR count). The van der Waals surface area contributed by atoms with Gasteiger partial charge in [-0.1, -0.05) is 0 Å². The molecule has 14 heavy (non-hydrogen) atoms. The molecule has 0 spiro atoms. The molecule has 0 saturated carbocycles. The van der Waals surface area contributed by atoms with Crippen molar-refractivity contribution in [2.24, 2.45) is 5.73 Å². The van der Waals surface area contributed by atoms with Crippen LogP contribution in [-0.4, -0.2) is 57.8 Å². The molecule has 0 aliphatic carbocycles. The van der Waals surface area contributed by atoms with E-state index in [0.717, 1.165) is 19.5 Å². The number of carbonyl (C=O) groups is 1. The van der Waals surface area contributed by atoms with E-state index in [1.807, 2.05) is 7.05 Å². The number of nitrogens with one attached hydrogen (secondary N) is 1. The second kappa shape index (κ2) is 7.73. The summed E-state index contributed by atoms with van der Waals surface area (Å²) in [4.78, 5) is 13.0. The number of nitrogens with zero attached hydrogens (tertiary/aromatic N) is 1. The van der Waals surface area contributed by atoms with E-state index >= 15 is 0 Å². The van der Waals surface area contributed by atoms with Crippen LogP contribution in [0.2, 0.25) is 0 Å². The Balaban J connectivity index is 3.62. The third-order valence-electron chi connectivity index (χ3n) is 2.17. The molecule has 5 nitrogen and oxygen atoms in total. The Bertz CT molecular complexity index is 164. The Kier molecular flexibility index (Phi) is 7.37. The minimum Gasteiger partial charge on any atom is -0.383 e. The molecule has 0 aromatic carbocycles. The van der Waals surface area contributed by atoms with Crippen molar-refractivity contribution in [2.45, 2.75) is 12.5 Å². The zero-order valence-corrected chi connectivity index (χ0v) is 9.25. The first-order valence-corrected chi connectivity index (χ1v) is 4.75. The minimum absolute atomic E-state index is 0.236. The SMILES string of the molecule is CNC(CCN(C)CCOC)C(N)=O. The van der Waals surface area contributed by atoms with Crippen molar-refractivity contribution >= 4 is 5.91 Å². The van der Waals surface area contributed by atoms with E-state index < -0.39 is 0 Å². The Labute approximate surface area is 85.6 Å². The molecule has 0 aromatic heterocycles. The van der Waals surface area contributed by atoms with Crippen molar-refractivity contribution in [1.82, 2.24) is 10.2 Å². The van der Waals surface area contributed by atoms with Crippen molar-refractivity contribution in [3.63, 3.8) is 0 Å². The maximum atomic E-state index is 10.9. The van der Waals surface area contributed by atoms with Crippen LogP contribution < -0.4 is 11.1 Å². The van der Waals surface area contributed by atoms with Gasteiger partial charge < -0.3 is 20.7 Å². The first kappa shape index (κ1) is 13.4. The third-order valence-corrected chi connectivity index (χ3v) is 2.17. The lowest BCUT2D eigenvalue weighted by Gasteiger charge is -2.19. The number of likely N-dealkylation sites (N-methyl/N-ethyl adjacent to an activating group) is 2. The van der Waals surface area contributed by atoms with Crippen molar-refractivity contribution in [3.05, 3.63) is 0 Å². The molecule has 0 aromatic rings. The highest BCUT2D eigenvalue weighted by Crippen LogP contribution is 1.93. The predicted octanol–water partition coefficient (Wildman–Crippen LogP) is -0.972. The first-order chi connectivity index (χ1) is 6.61. The quantitative estimate of drug-likeness (QED) is 0.532. The standard InChI is InChI=1S/C9H21N3O2/c1-11-8(9(10)13)4-5-12(2)6-7-14-3/h8,11H,4-7H2,1-3H3,(H2,10,13). The monoisotopic (exact) mass is 203 g/mol. The second-order valence-electron chi connectivity index (χ2n) is 3.33. The predicted molar refractivity (Wildman–Crippen MR) is 56.0 cm³/mol. The van der Waals surface area contributed by atoms with E-state index in [1.165, 1.54) is 0 Å². The van der Waals surface area contributed by atoms with Gasteiger partial charge in [0.05, 0.1) is 12.6 Å². The van der Waals surface area contributed by atoms with Gasteiger partial charge in [-0.05, 0) is 27.1 Å². The van der Waals surface area contributed by atoms with Crippen LogP contribution in [-0.2, 0) is 9.53 Å². The van der Waals surface area contributed by atoms with Crippen LogP contribution >= 0.6 is 0 Å². The molecule has 0 aliphatic rings. The van der Waals surface area contributed by atoms with Crippen LogP contribution in [0.15, 0.2) is 0 Å². The molecule has 0 fully saturated rings. The van der Waals surface area contributed by atoms with Crippen molar-refractivity contribution < 1.29 is 9.53 Å². The zero-order chi connectivity index (χ0) is 11.0. The average Bonchev–Trinajstić information content (AvgIpc) is 2.15. The minimum atomic E-state index is -0.298. The van der Waals surface area contributed by atoms with E-state index in [2.05, 4.69) is 10.2 Å². The van der Waals surface area contributed by atoms with Gasteiger partial charge in [-0.25, -0.2) is 0 Å². The summed E-state index contributed by atoms with van der Waals surface area (Å²) in [5.41, 5.74) is 5.19. The number of rotatable bonds is 8. The van der Waals surface area contributed by atoms with Gasteiger partial charge >= 0.3 is 0 Å². The molecular formula is C9H21N3O2. The fraction of sp³-hybridized carbons (Fsp3) is 0.889. The normalized spacial score (nSPS) is 13.1. The van der Waals surface area contributed by atoms with Crippen molar-refractivity contribution in [2.75, 3.05) is 40.9 Å². The van der Waals surface area contributed by atoms with Crippen molar-refractivity contribution in [3.8, 4) is 0 Å². The summed E-state index contributed by atoms with van der Waals surface area (Å²) in [6.07, 6.45) is 0.728. The summed E-state index contributed by atoms with van der Waals surface area (Å²) in [5.74, 6) is -0.298. The van der Waals surface area contributed by atoms with Crippen LogP contribution in [0.4, 0.5) is 0 Å². The molecule has 0 radical (unpaired) electrons. The van der Waals surface area contributed by atoms with Crippen molar-refractivity contribution in [1.29, 1.82) is 0 Å². The van der Waals surface area contributed by atoms with Gasteiger partial charge in [0, 0.05) is 13.7 Å². The summed E-state index contributed by atoms with van der Waals surface area (Å²) in [7, 11) is 5.41. The molecular weight excluding hydrogens is 182 g/mol. The maximum Gasteiger partial charge on any atom is 0.234 e. The number of nitrogens with two attached hydrogens (primary N) is 1. The lowest BCUT2D eigenvalue weighted by Crippen LogP contribution is -2.41. The second-order valence-corrected chi connectivity index (χ2v) is 3.33. The lowest BCUT2D eigenvalue weighted by atomic mass is 10.2. The van der Waals surface area contributed by atoms with E-state index in [4.69, 9.17) is 10.5 Å². The molecule has 0 bridgehead atoms. The Morgan fingerprint density at radius 1 is 1.57 bits per heavy atom. The smallest absolute Gasteiger partial charge is 0.234 e. The lowest BCUT2D eigenvalue weighted by molar-refractivity contribution is -0.120. The van der Waals surface area contributed by atoms with Gasteiger partial charge in [0.1, 0.15) is 0 Å². The third kappa shape index (κ3) is 5.90. The summed E-state index contributed by atoms with van der Waals surface area (Å²) in [5, 5.41) is 2.88. The van der Waals surface area contributed by atoms with E-state index in [-0.39, 0.29) is 11.9 Å². The topological polar surface area (TPSA) is 67.6 Å². The molecule has 0 saturated heterocycles. The number of methoxy groups -OCH3 is 1. The van der Waals surface area contributed by atoms with Crippen LogP contribution in [0.5, 0.6) is 0 Å². The zero-order valence-electron chi connectivity index (χ0n) is 9.25. The molecule has 3 N–H and O–H groups in total. The van der Waals surface area contributed by atoms with Gasteiger partial charge in [0.2, 0.25) is 5.91 Å². The molecule has 0 aliphatic heterocycles. The molecule has 0 heterocycles. The Morgan fingerprint density at radius 3 is 2.64 bits per heavy atom. The summed E-state index contributed by atoms with van der Waals surface area (Å²) < 4.78 is 4.94. The van der Waals surface area contributed by atoms with Gasteiger partial charge in [-0.15, -0.1) is 0 Å². The molecule has 84 valence electrons. The highest BCUT2D eigenvalue weighted by molar-refractivity contribution is 5.79. The largest absolute Gasteiger partial charge is 0.383 e. The molecule has 1 atom stereocenters. The fourth-order valence-corrected chi connectivity index (χ4v) is 1.14. The Morgan fingerprint density at radius 2 is 2.21 bits per heavy atom. The van der Waals surface area contributed by atoms with Crippen LogP contribution in [0.1, 0.15) is 6.42 Å². The number of carbonyl (C=O) groups excluding carboxylic acids is 1. The van der Waals surface area contributed by atoms with Crippen LogP contribution in [0, 0.1) is 0 Å². The van der Waals surface area contributed by atoms with Gasteiger partial charge in [-0.3, -0.25) is 4.79 Å². The maximum absolute atomic E-state index is 10.9. The molecule has 1 amide bonds. The fourth-order valence-electron chi connectivity index (χ4n) is 1.14. The molecule has 1 unspecified atom stereocenters. The summed E-state index contributed by atoms with van der Waals surface area (Å²) >= 11 is 0. The summed E-state index contributed by atoms with van der Waals surface area (Å²) in [6, 6.07) is -0.236. The molecule has 5 heteroatoms. The Hall–Kier alpha value is -0.650. The van der Waals surface area contributed by atoms with E-state index in [9.17, 15) is 4.79 Å². The van der Waals surface area contributed by atoms with Gasteiger partial charge in [0.15, 0.2) is 0 Å². The van der Waals surface area contributed by atoms with Crippen LogP contribution in [0.25, 0.3) is 0 Å².